The van der Waals surface area contributed by atoms with E-state index >= 15 is 0 Å². The number of halogens is 1. The Hall–Kier alpha value is -1.85. The van der Waals surface area contributed by atoms with E-state index in [1.165, 1.54) is 23.9 Å². The number of thioether (sulfide) groups is 1. The zero-order chi connectivity index (χ0) is 16.7. The van der Waals surface area contributed by atoms with Crippen molar-refractivity contribution in [2.24, 2.45) is 0 Å². The first-order chi connectivity index (χ1) is 11.0. The molecule has 5 heteroatoms. The number of aliphatic hydroxyl groups excluding tert-OH is 1. The third kappa shape index (κ3) is 6.04. The minimum absolute atomic E-state index is 0.154. The van der Waals surface area contributed by atoms with Gasteiger partial charge in [-0.25, -0.2) is 4.39 Å². The van der Waals surface area contributed by atoms with E-state index in [1.807, 2.05) is 30.3 Å². The molecular weight excluding hydrogens is 313 g/mol. The number of carbonyl (C=O) groups is 1. The van der Waals surface area contributed by atoms with E-state index < -0.39 is 6.10 Å². The molecule has 3 nitrogen and oxygen atoms in total. The van der Waals surface area contributed by atoms with Gasteiger partial charge in [0.25, 0.3) is 0 Å². The smallest absolute Gasteiger partial charge is 0.230 e. The van der Waals surface area contributed by atoms with Gasteiger partial charge in [0.05, 0.1) is 17.9 Å². The lowest BCUT2D eigenvalue weighted by Gasteiger charge is -2.20. The maximum absolute atomic E-state index is 12.8. The Kier molecular flexibility index (Phi) is 6.62. The molecular formula is C18H20FNO2S. The van der Waals surface area contributed by atoms with Gasteiger partial charge in [0, 0.05) is 11.3 Å². The molecule has 0 saturated heterocycles. The molecule has 2 rings (SSSR count). The molecule has 0 aliphatic carbocycles. The van der Waals surface area contributed by atoms with Crippen molar-refractivity contribution in [3.63, 3.8) is 0 Å². The molecule has 0 spiro atoms. The summed E-state index contributed by atoms with van der Waals surface area (Å²) in [4.78, 5) is 12.8. The van der Waals surface area contributed by atoms with Crippen LogP contribution in [0.25, 0.3) is 0 Å². The molecule has 2 aromatic rings. The van der Waals surface area contributed by atoms with E-state index in [1.54, 1.807) is 19.1 Å². The van der Waals surface area contributed by atoms with Crippen molar-refractivity contribution in [2.45, 2.75) is 30.4 Å². The Balaban J connectivity index is 1.76. The van der Waals surface area contributed by atoms with Crippen LogP contribution in [0, 0.1) is 5.82 Å². The molecule has 0 aliphatic rings. The second-order valence-electron chi connectivity index (χ2n) is 5.36. The highest BCUT2D eigenvalue weighted by Gasteiger charge is 2.17. The van der Waals surface area contributed by atoms with Gasteiger partial charge in [-0.05, 0) is 36.8 Å². The normalized spacial score (nSPS) is 13.3. The van der Waals surface area contributed by atoms with Crippen molar-refractivity contribution in [3.8, 4) is 0 Å². The Morgan fingerprint density at radius 3 is 2.48 bits per heavy atom. The van der Waals surface area contributed by atoms with Gasteiger partial charge in [0.2, 0.25) is 5.91 Å². The molecule has 0 aromatic heterocycles. The zero-order valence-corrected chi connectivity index (χ0v) is 13.7. The highest BCUT2D eigenvalue weighted by atomic mass is 32.2. The maximum atomic E-state index is 12.8. The number of amides is 1. The van der Waals surface area contributed by atoms with E-state index in [2.05, 4.69) is 5.32 Å². The summed E-state index contributed by atoms with van der Waals surface area (Å²) in [5.41, 5.74) is 1.03. The van der Waals surface area contributed by atoms with Gasteiger partial charge >= 0.3 is 0 Å². The summed E-state index contributed by atoms with van der Waals surface area (Å²) in [5.74, 6) is -0.219. The number of nitrogens with one attached hydrogen (secondary N) is 1. The van der Waals surface area contributed by atoms with E-state index in [9.17, 15) is 14.3 Å². The molecule has 0 radical (unpaired) electrons. The van der Waals surface area contributed by atoms with Crippen LogP contribution < -0.4 is 5.32 Å². The molecule has 2 aromatic carbocycles. The molecule has 1 amide bonds. The monoisotopic (exact) mass is 333 g/mol. The van der Waals surface area contributed by atoms with Crippen LogP contribution in [0.15, 0.2) is 59.5 Å². The molecule has 0 aliphatic heterocycles. The third-order valence-electron chi connectivity index (χ3n) is 3.44. The quantitative estimate of drug-likeness (QED) is 0.766. The molecule has 23 heavy (non-hydrogen) atoms. The Morgan fingerprint density at radius 2 is 1.83 bits per heavy atom. The first-order valence-corrected chi connectivity index (χ1v) is 8.43. The Labute approximate surface area is 139 Å². The predicted octanol–water partition coefficient (Wildman–Crippen LogP) is 3.03. The summed E-state index contributed by atoms with van der Waals surface area (Å²) < 4.78 is 12.8. The zero-order valence-electron chi connectivity index (χ0n) is 12.9. The number of hydrogen-bond acceptors (Lipinski definition) is 3. The fourth-order valence-electron chi connectivity index (χ4n) is 2.10. The first kappa shape index (κ1) is 17.5. The lowest BCUT2D eigenvalue weighted by molar-refractivity contribution is -0.119. The summed E-state index contributed by atoms with van der Waals surface area (Å²) in [6.45, 7) is 1.79. The largest absolute Gasteiger partial charge is 0.391 e. The van der Waals surface area contributed by atoms with Crippen LogP contribution in [0.5, 0.6) is 0 Å². The SMILES string of the molecule is CC(NC(=O)CSc1ccc(F)cc1)C(O)Cc1ccccc1. The van der Waals surface area contributed by atoms with Gasteiger partial charge in [-0.1, -0.05) is 30.3 Å². The van der Waals surface area contributed by atoms with E-state index in [4.69, 9.17) is 0 Å². The van der Waals surface area contributed by atoms with Crippen LogP contribution in [0.3, 0.4) is 0 Å². The maximum Gasteiger partial charge on any atom is 0.230 e. The topological polar surface area (TPSA) is 49.3 Å². The minimum Gasteiger partial charge on any atom is -0.391 e. The van der Waals surface area contributed by atoms with Crippen molar-refractivity contribution >= 4 is 17.7 Å². The highest BCUT2D eigenvalue weighted by molar-refractivity contribution is 8.00. The van der Waals surface area contributed by atoms with Crippen LogP contribution >= 0.6 is 11.8 Å². The van der Waals surface area contributed by atoms with Crippen molar-refractivity contribution < 1.29 is 14.3 Å². The van der Waals surface area contributed by atoms with Crippen molar-refractivity contribution in [1.82, 2.24) is 5.32 Å². The summed E-state index contributed by atoms with van der Waals surface area (Å²) >= 11 is 1.33. The molecule has 2 unspecified atom stereocenters. The number of hydrogen-bond donors (Lipinski definition) is 2. The van der Waals surface area contributed by atoms with E-state index in [-0.39, 0.29) is 23.5 Å². The van der Waals surface area contributed by atoms with Gasteiger partial charge in [-0.15, -0.1) is 11.8 Å². The van der Waals surface area contributed by atoms with Crippen molar-refractivity contribution in [1.29, 1.82) is 0 Å². The summed E-state index contributed by atoms with van der Waals surface area (Å²) in [5, 5.41) is 13.0. The van der Waals surface area contributed by atoms with Crippen LogP contribution in [-0.2, 0) is 11.2 Å². The van der Waals surface area contributed by atoms with Crippen LogP contribution in [-0.4, -0.2) is 28.9 Å². The number of aliphatic hydroxyl groups is 1. The molecule has 122 valence electrons. The molecule has 0 heterocycles. The second-order valence-corrected chi connectivity index (χ2v) is 6.40. The lowest BCUT2D eigenvalue weighted by atomic mass is 10.0. The first-order valence-electron chi connectivity index (χ1n) is 7.44. The summed E-state index contributed by atoms with van der Waals surface area (Å²) in [6.07, 6.45) is -0.148. The highest BCUT2D eigenvalue weighted by Crippen LogP contribution is 2.17. The van der Waals surface area contributed by atoms with E-state index in [0.717, 1.165) is 10.5 Å². The number of benzene rings is 2. The fraction of sp³-hybridized carbons (Fsp3) is 0.278. The van der Waals surface area contributed by atoms with Gasteiger partial charge < -0.3 is 10.4 Å². The second kappa shape index (κ2) is 8.70. The number of carbonyl (C=O) groups excluding carboxylic acids is 1. The predicted molar refractivity (Wildman–Crippen MR) is 90.9 cm³/mol. The molecule has 0 bridgehead atoms. The molecule has 0 saturated carbocycles. The van der Waals surface area contributed by atoms with Crippen LogP contribution in [0.4, 0.5) is 4.39 Å². The van der Waals surface area contributed by atoms with Gasteiger partial charge in [0.1, 0.15) is 5.82 Å². The van der Waals surface area contributed by atoms with Gasteiger partial charge in [-0.2, -0.15) is 0 Å². The lowest BCUT2D eigenvalue weighted by Crippen LogP contribution is -2.42. The fourth-order valence-corrected chi connectivity index (χ4v) is 2.81. The Morgan fingerprint density at radius 1 is 1.17 bits per heavy atom. The van der Waals surface area contributed by atoms with Gasteiger partial charge in [-0.3, -0.25) is 4.79 Å². The number of rotatable bonds is 7. The van der Waals surface area contributed by atoms with Gasteiger partial charge in [0.15, 0.2) is 0 Å². The third-order valence-corrected chi connectivity index (χ3v) is 4.45. The summed E-state index contributed by atoms with van der Waals surface area (Å²) in [6, 6.07) is 15.3. The molecule has 2 N–H and O–H groups in total. The average molecular weight is 333 g/mol. The summed E-state index contributed by atoms with van der Waals surface area (Å²) in [7, 11) is 0. The van der Waals surface area contributed by atoms with Crippen LogP contribution in [0.1, 0.15) is 12.5 Å². The van der Waals surface area contributed by atoms with Crippen LogP contribution in [0.2, 0.25) is 0 Å². The molecule has 2 atom stereocenters. The van der Waals surface area contributed by atoms with Crippen molar-refractivity contribution in [2.75, 3.05) is 5.75 Å². The van der Waals surface area contributed by atoms with E-state index in [0.29, 0.717) is 6.42 Å². The minimum atomic E-state index is -0.642. The average Bonchev–Trinajstić information content (AvgIpc) is 2.55. The molecule has 0 fully saturated rings. The standard InChI is InChI=1S/C18H20FNO2S/c1-13(17(21)11-14-5-3-2-4-6-14)20-18(22)12-23-16-9-7-15(19)8-10-16/h2-10,13,17,21H,11-12H2,1H3,(H,20,22). The Bertz CT molecular complexity index is 619. The van der Waals surface area contributed by atoms with Crippen molar-refractivity contribution in [3.05, 3.63) is 66.0 Å².